The van der Waals surface area contributed by atoms with E-state index in [-0.39, 0.29) is 5.91 Å². The van der Waals surface area contributed by atoms with Crippen LogP contribution in [0.25, 0.3) is 0 Å². The van der Waals surface area contributed by atoms with E-state index in [0.717, 1.165) is 10.6 Å². The number of hydrogen-bond donors (Lipinski definition) is 1. The Kier molecular flexibility index (Phi) is 4.04. The molecule has 1 heterocycles. The molecule has 0 fully saturated rings. The molecule has 0 radical (unpaired) electrons. The van der Waals surface area contributed by atoms with Crippen molar-refractivity contribution in [2.24, 2.45) is 0 Å². The van der Waals surface area contributed by atoms with Crippen LogP contribution in [0.2, 0.25) is 0 Å². The van der Waals surface area contributed by atoms with Crippen molar-refractivity contribution in [2.45, 2.75) is 33.3 Å². The number of hydrogen-bond acceptors (Lipinski definition) is 5. The fourth-order valence-electron chi connectivity index (χ4n) is 1.54. The summed E-state index contributed by atoms with van der Waals surface area (Å²) in [7, 11) is 0. The van der Waals surface area contributed by atoms with Gasteiger partial charge in [0.15, 0.2) is 5.60 Å². The standard InChI is InChI=1S/C14H17N3O2S/c1-9-5-7-11(8-6-9)19-14(3,4)12(18)15-13-17-16-10(2)20-13/h5-8H,1-4H3,(H,15,17,18). The number of ether oxygens (including phenoxy) is 1. The molecule has 0 saturated heterocycles. The molecule has 1 aromatic carbocycles. The van der Waals surface area contributed by atoms with Gasteiger partial charge in [-0.2, -0.15) is 0 Å². The van der Waals surface area contributed by atoms with Gasteiger partial charge in [0.2, 0.25) is 5.13 Å². The minimum Gasteiger partial charge on any atom is -0.478 e. The number of rotatable bonds is 4. The van der Waals surface area contributed by atoms with Crippen molar-refractivity contribution >= 4 is 22.4 Å². The third-order valence-corrected chi connectivity index (χ3v) is 3.44. The van der Waals surface area contributed by atoms with Crippen LogP contribution in [0.1, 0.15) is 24.4 Å². The molecule has 0 saturated carbocycles. The molecular weight excluding hydrogens is 274 g/mol. The molecule has 0 aliphatic heterocycles. The van der Waals surface area contributed by atoms with E-state index >= 15 is 0 Å². The second-order valence-corrected chi connectivity index (χ2v) is 6.19. The van der Waals surface area contributed by atoms with E-state index in [9.17, 15) is 4.79 Å². The van der Waals surface area contributed by atoms with Crippen LogP contribution in [0, 0.1) is 13.8 Å². The molecule has 1 N–H and O–H groups in total. The van der Waals surface area contributed by atoms with E-state index < -0.39 is 5.60 Å². The number of amides is 1. The molecule has 5 nitrogen and oxygen atoms in total. The van der Waals surface area contributed by atoms with Gasteiger partial charge >= 0.3 is 0 Å². The summed E-state index contributed by atoms with van der Waals surface area (Å²) in [5.74, 6) is 0.401. The van der Waals surface area contributed by atoms with Crippen LogP contribution < -0.4 is 10.1 Å². The SMILES string of the molecule is Cc1ccc(OC(C)(C)C(=O)Nc2nnc(C)s2)cc1. The molecule has 1 amide bonds. The lowest BCUT2D eigenvalue weighted by molar-refractivity contribution is -0.128. The van der Waals surface area contributed by atoms with Crippen molar-refractivity contribution in [3.05, 3.63) is 34.8 Å². The van der Waals surface area contributed by atoms with Gasteiger partial charge in [-0.05, 0) is 39.8 Å². The predicted molar refractivity (Wildman–Crippen MR) is 79.2 cm³/mol. The maximum atomic E-state index is 12.2. The van der Waals surface area contributed by atoms with Crippen LogP contribution >= 0.6 is 11.3 Å². The van der Waals surface area contributed by atoms with E-state index in [1.165, 1.54) is 11.3 Å². The van der Waals surface area contributed by atoms with Crippen molar-refractivity contribution in [3.8, 4) is 5.75 Å². The monoisotopic (exact) mass is 291 g/mol. The quantitative estimate of drug-likeness (QED) is 0.940. The van der Waals surface area contributed by atoms with Gasteiger partial charge < -0.3 is 4.74 Å². The molecule has 0 bridgehead atoms. The van der Waals surface area contributed by atoms with Crippen LogP contribution in [0.5, 0.6) is 5.75 Å². The van der Waals surface area contributed by atoms with Gasteiger partial charge in [0.05, 0.1) is 0 Å². The zero-order valence-electron chi connectivity index (χ0n) is 11.9. The Balaban J connectivity index is 2.05. The van der Waals surface area contributed by atoms with E-state index in [0.29, 0.717) is 10.9 Å². The molecule has 106 valence electrons. The second kappa shape index (κ2) is 5.58. The Labute approximate surface area is 122 Å². The molecule has 0 aliphatic rings. The van der Waals surface area contributed by atoms with E-state index in [2.05, 4.69) is 15.5 Å². The first-order valence-electron chi connectivity index (χ1n) is 6.24. The minimum absolute atomic E-state index is 0.255. The average molecular weight is 291 g/mol. The van der Waals surface area contributed by atoms with Crippen molar-refractivity contribution in [2.75, 3.05) is 5.32 Å². The normalized spacial score (nSPS) is 11.2. The van der Waals surface area contributed by atoms with Crippen LogP contribution in [-0.4, -0.2) is 21.7 Å². The number of benzene rings is 1. The molecule has 0 spiro atoms. The molecule has 20 heavy (non-hydrogen) atoms. The largest absolute Gasteiger partial charge is 0.478 e. The zero-order valence-corrected chi connectivity index (χ0v) is 12.7. The van der Waals surface area contributed by atoms with E-state index in [1.54, 1.807) is 13.8 Å². The Hall–Kier alpha value is -1.95. The maximum absolute atomic E-state index is 12.2. The lowest BCUT2D eigenvalue weighted by Gasteiger charge is -2.24. The highest BCUT2D eigenvalue weighted by molar-refractivity contribution is 7.15. The van der Waals surface area contributed by atoms with E-state index in [1.807, 2.05) is 38.1 Å². The first-order chi connectivity index (χ1) is 9.37. The summed E-state index contributed by atoms with van der Waals surface area (Å²) in [6, 6.07) is 7.58. The molecule has 0 aliphatic carbocycles. The van der Waals surface area contributed by atoms with Gasteiger partial charge in [-0.15, -0.1) is 10.2 Å². The van der Waals surface area contributed by atoms with Gasteiger partial charge in [0.1, 0.15) is 10.8 Å². The van der Waals surface area contributed by atoms with Crippen molar-refractivity contribution in [1.82, 2.24) is 10.2 Å². The van der Waals surface area contributed by atoms with Crippen LogP contribution in [0.4, 0.5) is 5.13 Å². The number of nitrogens with zero attached hydrogens (tertiary/aromatic N) is 2. The fraction of sp³-hybridized carbons (Fsp3) is 0.357. The highest BCUT2D eigenvalue weighted by Gasteiger charge is 2.30. The molecule has 2 aromatic rings. The van der Waals surface area contributed by atoms with E-state index in [4.69, 9.17) is 4.74 Å². The summed E-state index contributed by atoms with van der Waals surface area (Å²) >= 11 is 1.33. The summed E-state index contributed by atoms with van der Waals surface area (Å²) in [6.07, 6.45) is 0. The fourth-order valence-corrected chi connectivity index (χ4v) is 2.13. The lowest BCUT2D eigenvalue weighted by Crippen LogP contribution is -2.42. The summed E-state index contributed by atoms with van der Waals surface area (Å²) in [6.45, 7) is 7.27. The topological polar surface area (TPSA) is 64.1 Å². The second-order valence-electron chi connectivity index (χ2n) is 5.01. The van der Waals surface area contributed by atoms with Crippen LogP contribution in [0.3, 0.4) is 0 Å². The zero-order chi connectivity index (χ0) is 14.8. The Morgan fingerprint density at radius 1 is 1.20 bits per heavy atom. The molecule has 0 atom stereocenters. The highest BCUT2D eigenvalue weighted by atomic mass is 32.1. The van der Waals surface area contributed by atoms with Gasteiger partial charge in [0, 0.05) is 0 Å². The molecule has 0 unspecified atom stereocenters. The average Bonchev–Trinajstić information content (AvgIpc) is 2.77. The van der Waals surface area contributed by atoms with Crippen molar-refractivity contribution in [1.29, 1.82) is 0 Å². The predicted octanol–water partition coefficient (Wildman–Crippen LogP) is 2.95. The van der Waals surface area contributed by atoms with Crippen LogP contribution in [0.15, 0.2) is 24.3 Å². The molecule has 6 heteroatoms. The minimum atomic E-state index is -0.991. The van der Waals surface area contributed by atoms with Crippen molar-refractivity contribution in [3.63, 3.8) is 0 Å². The third kappa shape index (κ3) is 3.54. The first-order valence-corrected chi connectivity index (χ1v) is 7.06. The Morgan fingerprint density at radius 2 is 1.85 bits per heavy atom. The van der Waals surface area contributed by atoms with Gasteiger partial charge in [-0.25, -0.2) is 0 Å². The molecular formula is C14H17N3O2S. The summed E-state index contributed by atoms with van der Waals surface area (Å²) in [4.78, 5) is 12.2. The number of carbonyl (C=O) groups excluding carboxylic acids is 1. The molecule has 1 aromatic heterocycles. The van der Waals surface area contributed by atoms with Crippen LogP contribution in [-0.2, 0) is 4.79 Å². The van der Waals surface area contributed by atoms with Gasteiger partial charge in [0.25, 0.3) is 5.91 Å². The Bertz CT molecular complexity index is 605. The maximum Gasteiger partial charge on any atom is 0.269 e. The summed E-state index contributed by atoms with van der Waals surface area (Å²) in [5, 5.41) is 11.7. The summed E-state index contributed by atoms with van der Waals surface area (Å²) in [5.41, 5.74) is 0.151. The third-order valence-electron chi connectivity index (χ3n) is 2.69. The number of carbonyl (C=O) groups is 1. The number of aromatic nitrogens is 2. The first kappa shape index (κ1) is 14.5. The number of anilines is 1. The summed E-state index contributed by atoms with van der Waals surface area (Å²) < 4.78 is 5.74. The number of aryl methyl sites for hydroxylation is 2. The van der Waals surface area contributed by atoms with Gasteiger partial charge in [-0.3, -0.25) is 10.1 Å². The lowest BCUT2D eigenvalue weighted by atomic mass is 10.1. The van der Waals surface area contributed by atoms with Crippen molar-refractivity contribution < 1.29 is 9.53 Å². The molecule has 2 rings (SSSR count). The highest BCUT2D eigenvalue weighted by Crippen LogP contribution is 2.21. The number of nitrogens with one attached hydrogen (secondary N) is 1. The van der Waals surface area contributed by atoms with Gasteiger partial charge in [-0.1, -0.05) is 29.0 Å². The Morgan fingerprint density at radius 3 is 2.40 bits per heavy atom. The smallest absolute Gasteiger partial charge is 0.269 e.